The highest BCUT2D eigenvalue weighted by Gasteiger charge is 2.29. The second-order valence-corrected chi connectivity index (χ2v) is 7.14. The van der Waals surface area contributed by atoms with Gasteiger partial charge in [0.2, 0.25) is 5.95 Å². The molecule has 1 aliphatic rings. The molecule has 2 heterocycles. The Kier molecular flexibility index (Phi) is 5.33. The quantitative estimate of drug-likeness (QED) is 0.666. The molecule has 0 fully saturated rings. The third-order valence-corrected chi connectivity index (χ3v) is 5.07. The first-order chi connectivity index (χ1) is 13.7. The minimum atomic E-state index is -0.156. The third-order valence-electron chi connectivity index (χ3n) is 5.07. The molecule has 1 amide bonds. The molecule has 1 atom stereocenters. The topological polar surface area (TPSA) is 58.1 Å². The molecule has 3 aromatic rings. The van der Waals surface area contributed by atoms with Crippen LogP contribution < -0.4 is 10.2 Å². The van der Waals surface area contributed by atoms with Crippen molar-refractivity contribution in [2.45, 2.75) is 32.2 Å². The summed E-state index contributed by atoms with van der Waals surface area (Å²) in [5.74, 6) is 0.422. The van der Waals surface area contributed by atoms with Crippen molar-refractivity contribution in [1.82, 2.24) is 15.3 Å². The van der Waals surface area contributed by atoms with Gasteiger partial charge in [-0.15, -0.1) is 0 Å². The van der Waals surface area contributed by atoms with Crippen molar-refractivity contribution in [1.29, 1.82) is 0 Å². The molecule has 5 heteroatoms. The monoisotopic (exact) mass is 372 g/mol. The van der Waals surface area contributed by atoms with Gasteiger partial charge in [-0.3, -0.25) is 4.79 Å². The van der Waals surface area contributed by atoms with Crippen LogP contribution in [0.4, 0.5) is 11.6 Å². The lowest BCUT2D eigenvalue weighted by Crippen LogP contribution is -2.29. The largest absolute Gasteiger partial charge is 0.351 e. The molecule has 1 N–H and O–H groups in total. The summed E-state index contributed by atoms with van der Waals surface area (Å²) < 4.78 is 0. The molecular formula is C23H24N4O. The normalized spacial score (nSPS) is 15.3. The molecule has 142 valence electrons. The van der Waals surface area contributed by atoms with Crippen LogP contribution in [-0.2, 0) is 12.8 Å². The van der Waals surface area contributed by atoms with E-state index in [1.807, 2.05) is 24.3 Å². The summed E-state index contributed by atoms with van der Waals surface area (Å²) in [5, 5.41) is 2.97. The fourth-order valence-electron chi connectivity index (χ4n) is 3.69. The average Bonchev–Trinajstić information content (AvgIpc) is 3.07. The first-order valence-electron chi connectivity index (χ1n) is 9.74. The molecule has 0 bridgehead atoms. The second-order valence-electron chi connectivity index (χ2n) is 7.14. The lowest BCUT2D eigenvalue weighted by Gasteiger charge is -2.22. The van der Waals surface area contributed by atoms with Crippen LogP contribution in [0.25, 0.3) is 0 Å². The third kappa shape index (κ3) is 3.88. The predicted octanol–water partition coefficient (Wildman–Crippen LogP) is 3.92. The lowest BCUT2D eigenvalue weighted by molar-refractivity contribution is 0.0948. The van der Waals surface area contributed by atoms with E-state index in [2.05, 4.69) is 57.4 Å². The van der Waals surface area contributed by atoms with E-state index in [1.165, 1.54) is 11.1 Å². The average molecular weight is 372 g/mol. The number of aromatic nitrogens is 2. The number of amides is 1. The fraction of sp³-hybridized carbons (Fsp3) is 0.261. The Hall–Kier alpha value is -3.21. The van der Waals surface area contributed by atoms with Crippen molar-refractivity contribution in [3.8, 4) is 0 Å². The Morgan fingerprint density at radius 3 is 2.75 bits per heavy atom. The maximum absolute atomic E-state index is 12.5. The molecule has 1 aromatic heterocycles. The Morgan fingerprint density at radius 2 is 1.89 bits per heavy atom. The Morgan fingerprint density at radius 1 is 1.11 bits per heavy atom. The predicted molar refractivity (Wildman–Crippen MR) is 111 cm³/mol. The number of para-hydroxylation sites is 1. The fourth-order valence-corrected chi connectivity index (χ4v) is 3.69. The number of nitrogens with one attached hydrogen (secondary N) is 1. The van der Waals surface area contributed by atoms with E-state index in [-0.39, 0.29) is 11.9 Å². The van der Waals surface area contributed by atoms with Crippen molar-refractivity contribution in [3.63, 3.8) is 0 Å². The minimum absolute atomic E-state index is 0.156. The first-order valence-corrected chi connectivity index (χ1v) is 9.74. The van der Waals surface area contributed by atoms with E-state index in [1.54, 1.807) is 12.3 Å². The van der Waals surface area contributed by atoms with Crippen LogP contribution in [0, 0.1) is 0 Å². The molecular weight excluding hydrogens is 348 g/mol. The number of rotatable bonds is 6. The van der Waals surface area contributed by atoms with Crippen LogP contribution in [-0.4, -0.2) is 28.5 Å². The van der Waals surface area contributed by atoms with Crippen molar-refractivity contribution in [2.75, 3.05) is 11.4 Å². The zero-order valence-corrected chi connectivity index (χ0v) is 16.0. The van der Waals surface area contributed by atoms with Crippen LogP contribution in [0.2, 0.25) is 0 Å². The molecule has 0 saturated heterocycles. The standard InChI is InChI=1S/C23H24N4O/c1-17-16-19-11-5-6-12-21(19)27(17)23-25-15-13-20(26-23)22(28)24-14-7-10-18-8-3-2-4-9-18/h2-6,8-9,11-13,15,17H,7,10,14,16H2,1H3,(H,24,28). The first kappa shape index (κ1) is 18.2. The van der Waals surface area contributed by atoms with Gasteiger partial charge in [0.25, 0.3) is 5.91 Å². The molecule has 0 aliphatic carbocycles. The maximum atomic E-state index is 12.5. The Labute approximate surface area is 165 Å². The van der Waals surface area contributed by atoms with Crippen LogP contribution >= 0.6 is 0 Å². The molecule has 4 rings (SSSR count). The number of carbonyl (C=O) groups is 1. The number of nitrogens with zero attached hydrogens (tertiary/aromatic N) is 3. The summed E-state index contributed by atoms with van der Waals surface area (Å²) in [7, 11) is 0. The van der Waals surface area contributed by atoms with E-state index in [9.17, 15) is 4.79 Å². The highest BCUT2D eigenvalue weighted by atomic mass is 16.1. The van der Waals surface area contributed by atoms with Crippen LogP contribution in [0.1, 0.15) is 35.0 Å². The molecule has 5 nitrogen and oxygen atoms in total. The smallest absolute Gasteiger partial charge is 0.270 e. The number of hydrogen-bond donors (Lipinski definition) is 1. The molecule has 2 aromatic carbocycles. The van der Waals surface area contributed by atoms with Gasteiger partial charge in [0.05, 0.1) is 0 Å². The van der Waals surface area contributed by atoms with Gasteiger partial charge in [-0.25, -0.2) is 9.97 Å². The maximum Gasteiger partial charge on any atom is 0.270 e. The summed E-state index contributed by atoms with van der Waals surface area (Å²) in [6.45, 7) is 2.77. The van der Waals surface area contributed by atoms with Gasteiger partial charge in [0.1, 0.15) is 5.69 Å². The van der Waals surface area contributed by atoms with Crippen molar-refractivity contribution in [2.24, 2.45) is 0 Å². The minimum Gasteiger partial charge on any atom is -0.351 e. The number of hydrogen-bond acceptors (Lipinski definition) is 4. The van der Waals surface area contributed by atoms with Gasteiger partial charge >= 0.3 is 0 Å². The molecule has 0 spiro atoms. The summed E-state index contributed by atoms with van der Waals surface area (Å²) in [4.78, 5) is 23.6. The van der Waals surface area contributed by atoms with E-state index in [4.69, 9.17) is 0 Å². The summed E-state index contributed by atoms with van der Waals surface area (Å²) in [6, 6.07) is 20.5. The van der Waals surface area contributed by atoms with E-state index in [0.29, 0.717) is 18.2 Å². The second kappa shape index (κ2) is 8.21. The molecule has 1 unspecified atom stereocenters. The van der Waals surface area contributed by atoms with Crippen molar-refractivity contribution in [3.05, 3.63) is 83.7 Å². The van der Waals surface area contributed by atoms with Gasteiger partial charge in [0, 0.05) is 24.5 Å². The zero-order valence-electron chi connectivity index (χ0n) is 16.0. The van der Waals surface area contributed by atoms with E-state index >= 15 is 0 Å². The Bertz CT molecular complexity index is 958. The molecule has 0 saturated carbocycles. The van der Waals surface area contributed by atoms with E-state index < -0.39 is 0 Å². The number of aryl methyl sites for hydroxylation is 1. The number of anilines is 2. The number of fused-ring (bicyclic) bond motifs is 1. The summed E-state index contributed by atoms with van der Waals surface area (Å²) in [5.41, 5.74) is 4.09. The summed E-state index contributed by atoms with van der Waals surface area (Å²) >= 11 is 0. The molecule has 28 heavy (non-hydrogen) atoms. The van der Waals surface area contributed by atoms with Gasteiger partial charge in [-0.1, -0.05) is 48.5 Å². The van der Waals surface area contributed by atoms with Crippen LogP contribution in [0.15, 0.2) is 66.9 Å². The zero-order chi connectivity index (χ0) is 19.3. The van der Waals surface area contributed by atoms with Gasteiger partial charge < -0.3 is 10.2 Å². The van der Waals surface area contributed by atoms with Crippen LogP contribution in [0.3, 0.4) is 0 Å². The highest BCUT2D eigenvalue weighted by Crippen LogP contribution is 2.36. The Balaban J connectivity index is 1.40. The molecule has 0 radical (unpaired) electrons. The lowest BCUT2D eigenvalue weighted by atomic mass is 10.1. The van der Waals surface area contributed by atoms with Gasteiger partial charge in [0.15, 0.2) is 0 Å². The SMILES string of the molecule is CC1Cc2ccccc2N1c1nccc(C(=O)NCCCc2ccccc2)n1. The number of carbonyl (C=O) groups excluding carboxylic acids is 1. The van der Waals surface area contributed by atoms with Crippen molar-refractivity contribution < 1.29 is 4.79 Å². The number of benzene rings is 2. The van der Waals surface area contributed by atoms with E-state index in [0.717, 1.165) is 24.9 Å². The van der Waals surface area contributed by atoms with Crippen LogP contribution in [0.5, 0.6) is 0 Å². The molecule has 1 aliphatic heterocycles. The van der Waals surface area contributed by atoms with Crippen molar-refractivity contribution >= 4 is 17.5 Å². The van der Waals surface area contributed by atoms with Gasteiger partial charge in [-0.05, 0) is 49.4 Å². The highest BCUT2D eigenvalue weighted by molar-refractivity contribution is 5.92. The summed E-state index contributed by atoms with van der Waals surface area (Å²) in [6.07, 6.45) is 4.45. The van der Waals surface area contributed by atoms with Gasteiger partial charge in [-0.2, -0.15) is 0 Å².